The smallest absolute Gasteiger partial charge is 0.243 e. The Morgan fingerprint density at radius 3 is 2.44 bits per heavy atom. The quantitative estimate of drug-likeness (QED) is 0.554. The lowest BCUT2D eigenvalue weighted by atomic mass is 9.98. The third-order valence-electron chi connectivity index (χ3n) is 6.63. The van der Waals surface area contributed by atoms with Gasteiger partial charge in [0.2, 0.25) is 21.8 Å². The van der Waals surface area contributed by atoms with Crippen LogP contribution in [0.15, 0.2) is 47.4 Å². The summed E-state index contributed by atoms with van der Waals surface area (Å²) in [5.41, 5.74) is 1.52. The number of hydrogen-bond acceptors (Lipinski definition) is 5. The van der Waals surface area contributed by atoms with Gasteiger partial charge in [-0.05, 0) is 68.5 Å². The van der Waals surface area contributed by atoms with Crippen LogP contribution in [0.3, 0.4) is 0 Å². The van der Waals surface area contributed by atoms with Gasteiger partial charge in [-0.15, -0.1) is 0 Å². The number of amides is 2. The summed E-state index contributed by atoms with van der Waals surface area (Å²) in [5.74, 6) is -0.134. The molecule has 2 aliphatic heterocycles. The predicted molar refractivity (Wildman–Crippen MR) is 139 cm³/mol. The number of piperidine rings is 1. The number of anilines is 1. The van der Waals surface area contributed by atoms with Crippen molar-refractivity contribution in [1.29, 1.82) is 0 Å². The second-order valence-electron chi connectivity index (χ2n) is 9.18. The fourth-order valence-corrected chi connectivity index (χ4v) is 6.49. The first-order valence-corrected chi connectivity index (χ1v) is 14.2. The maximum Gasteiger partial charge on any atom is 0.243 e. The van der Waals surface area contributed by atoms with E-state index in [9.17, 15) is 18.0 Å². The summed E-state index contributed by atoms with van der Waals surface area (Å²) in [6.45, 7) is 4.34. The Morgan fingerprint density at radius 1 is 1.06 bits per heavy atom. The van der Waals surface area contributed by atoms with Crippen LogP contribution < -0.4 is 10.1 Å². The molecule has 2 heterocycles. The molecule has 1 N–H and O–H groups in total. The van der Waals surface area contributed by atoms with Crippen molar-refractivity contribution < 1.29 is 22.7 Å². The highest BCUT2D eigenvalue weighted by Gasteiger charge is 2.33. The molecule has 2 amide bonds. The summed E-state index contributed by atoms with van der Waals surface area (Å²) >= 11 is 6.20. The standard InChI is InChI=1S/C26H32ClN3O5S/c1-2-35-24-12-11-22(17-23(24)27)36(33,34)30-15-5-6-20(18-30)26(32)28-21-9-7-19(8-10-21)16-25(31)29-13-3-4-14-29/h7-12,17,20H,2-6,13-16,18H2,1H3,(H,28,32). The number of hydrogen-bond donors (Lipinski definition) is 1. The molecule has 2 aliphatic rings. The zero-order chi connectivity index (χ0) is 25.7. The van der Waals surface area contributed by atoms with E-state index >= 15 is 0 Å². The number of halogens is 1. The van der Waals surface area contributed by atoms with Crippen LogP contribution in [0.25, 0.3) is 0 Å². The van der Waals surface area contributed by atoms with Crippen molar-refractivity contribution in [3.05, 3.63) is 53.1 Å². The Kier molecular flexibility index (Phi) is 8.54. The van der Waals surface area contributed by atoms with Gasteiger partial charge in [-0.1, -0.05) is 23.7 Å². The molecule has 2 aromatic carbocycles. The van der Waals surface area contributed by atoms with Crippen LogP contribution in [0.2, 0.25) is 5.02 Å². The van der Waals surface area contributed by atoms with E-state index in [2.05, 4.69) is 5.32 Å². The van der Waals surface area contributed by atoms with Gasteiger partial charge in [0.25, 0.3) is 0 Å². The summed E-state index contributed by atoms with van der Waals surface area (Å²) in [6, 6.07) is 11.7. The Labute approximate surface area is 217 Å². The highest BCUT2D eigenvalue weighted by Crippen LogP contribution is 2.31. The average molecular weight is 534 g/mol. The van der Waals surface area contributed by atoms with Crippen LogP contribution in [0.5, 0.6) is 5.75 Å². The zero-order valence-corrected chi connectivity index (χ0v) is 22.0. The Bertz CT molecular complexity index is 1200. The zero-order valence-electron chi connectivity index (χ0n) is 20.4. The van der Waals surface area contributed by atoms with E-state index in [0.29, 0.717) is 43.9 Å². The molecular formula is C26H32ClN3O5S. The molecule has 0 spiro atoms. The minimum absolute atomic E-state index is 0.0797. The Balaban J connectivity index is 1.36. The number of benzene rings is 2. The fourth-order valence-electron chi connectivity index (χ4n) is 4.64. The van der Waals surface area contributed by atoms with Gasteiger partial charge >= 0.3 is 0 Å². The molecule has 36 heavy (non-hydrogen) atoms. The van der Waals surface area contributed by atoms with Crippen molar-refractivity contribution in [2.45, 2.75) is 43.9 Å². The molecule has 8 nitrogen and oxygen atoms in total. The molecule has 2 aromatic rings. The second kappa shape index (κ2) is 11.6. The highest BCUT2D eigenvalue weighted by molar-refractivity contribution is 7.89. The largest absolute Gasteiger partial charge is 0.492 e. The van der Waals surface area contributed by atoms with Gasteiger partial charge < -0.3 is 15.0 Å². The molecule has 1 unspecified atom stereocenters. The number of carbonyl (C=O) groups is 2. The van der Waals surface area contributed by atoms with Crippen molar-refractivity contribution in [3.63, 3.8) is 0 Å². The second-order valence-corrected chi connectivity index (χ2v) is 11.5. The molecule has 194 valence electrons. The van der Waals surface area contributed by atoms with Crippen LogP contribution in [0.1, 0.15) is 38.2 Å². The maximum atomic E-state index is 13.2. The molecule has 2 fully saturated rings. The average Bonchev–Trinajstić information content (AvgIpc) is 3.42. The van der Waals surface area contributed by atoms with E-state index in [-0.39, 0.29) is 28.3 Å². The van der Waals surface area contributed by atoms with E-state index in [1.165, 1.54) is 16.4 Å². The summed E-state index contributed by atoms with van der Waals surface area (Å²) in [4.78, 5) is 27.3. The molecule has 0 aromatic heterocycles. The monoisotopic (exact) mass is 533 g/mol. The van der Waals surface area contributed by atoms with Crippen LogP contribution in [0, 0.1) is 5.92 Å². The first-order chi connectivity index (χ1) is 17.3. The van der Waals surface area contributed by atoms with Crippen molar-refractivity contribution in [3.8, 4) is 5.75 Å². The number of rotatable bonds is 8. The normalized spacial score (nSPS) is 18.7. The van der Waals surface area contributed by atoms with Crippen molar-refractivity contribution in [1.82, 2.24) is 9.21 Å². The molecule has 0 bridgehead atoms. The molecule has 4 rings (SSSR count). The van der Waals surface area contributed by atoms with Crippen molar-refractivity contribution in [2.24, 2.45) is 5.92 Å². The Hall–Kier alpha value is -2.62. The number of sulfonamides is 1. The molecule has 2 saturated heterocycles. The lowest BCUT2D eigenvalue weighted by Gasteiger charge is -2.31. The molecule has 0 radical (unpaired) electrons. The Morgan fingerprint density at radius 2 is 1.78 bits per heavy atom. The van der Waals surface area contributed by atoms with Gasteiger partial charge in [0, 0.05) is 31.9 Å². The van der Waals surface area contributed by atoms with Gasteiger partial charge in [-0.2, -0.15) is 4.31 Å². The summed E-state index contributed by atoms with van der Waals surface area (Å²) in [6.07, 6.45) is 3.65. The van der Waals surface area contributed by atoms with Gasteiger partial charge in [-0.3, -0.25) is 9.59 Å². The minimum atomic E-state index is -3.80. The first kappa shape index (κ1) is 26.4. The fraction of sp³-hybridized carbons (Fsp3) is 0.462. The van der Waals surface area contributed by atoms with Gasteiger partial charge in [0.1, 0.15) is 5.75 Å². The van der Waals surface area contributed by atoms with Gasteiger partial charge in [0.15, 0.2) is 0 Å². The number of nitrogens with zero attached hydrogens (tertiary/aromatic N) is 2. The van der Waals surface area contributed by atoms with E-state index in [1.54, 1.807) is 18.2 Å². The van der Waals surface area contributed by atoms with Crippen LogP contribution in [-0.2, 0) is 26.0 Å². The molecule has 0 saturated carbocycles. The first-order valence-electron chi connectivity index (χ1n) is 12.4. The number of ether oxygens (including phenoxy) is 1. The molecule has 10 heteroatoms. The topological polar surface area (TPSA) is 96.0 Å². The van der Waals surface area contributed by atoms with Crippen molar-refractivity contribution in [2.75, 3.05) is 38.1 Å². The van der Waals surface area contributed by atoms with Crippen molar-refractivity contribution >= 4 is 39.1 Å². The third-order valence-corrected chi connectivity index (χ3v) is 8.79. The summed E-state index contributed by atoms with van der Waals surface area (Å²) in [5, 5.41) is 3.13. The van der Waals surface area contributed by atoms with E-state index in [0.717, 1.165) is 31.5 Å². The van der Waals surface area contributed by atoms with Gasteiger partial charge in [0.05, 0.1) is 28.9 Å². The predicted octanol–water partition coefficient (Wildman–Crippen LogP) is 3.94. The van der Waals surface area contributed by atoms with Gasteiger partial charge in [-0.25, -0.2) is 8.42 Å². The third kappa shape index (κ3) is 6.19. The van der Waals surface area contributed by atoms with E-state index < -0.39 is 15.9 Å². The number of likely N-dealkylation sites (tertiary alicyclic amines) is 1. The van der Waals surface area contributed by atoms with Crippen LogP contribution in [0.4, 0.5) is 5.69 Å². The molecular weight excluding hydrogens is 502 g/mol. The lowest BCUT2D eigenvalue weighted by Crippen LogP contribution is -2.43. The summed E-state index contributed by atoms with van der Waals surface area (Å²) < 4.78 is 33.2. The highest BCUT2D eigenvalue weighted by atomic mass is 35.5. The minimum Gasteiger partial charge on any atom is -0.492 e. The van der Waals surface area contributed by atoms with Crippen LogP contribution in [-0.4, -0.2) is 62.2 Å². The van der Waals surface area contributed by atoms with E-state index in [1.807, 2.05) is 24.0 Å². The SMILES string of the molecule is CCOc1ccc(S(=O)(=O)N2CCCC(C(=O)Nc3ccc(CC(=O)N4CCCC4)cc3)C2)cc1Cl. The van der Waals surface area contributed by atoms with Crippen LogP contribution >= 0.6 is 11.6 Å². The van der Waals surface area contributed by atoms with E-state index in [4.69, 9.17) is 16.3 Å². The summed E-state index contributed by atoms with van der Waals surface area (Å²) in [7, 11) is -3.80. The molecule has 0 aliphatic carbocycles. The number of carbonyl (C=O) groups excluding carboxylic acids is 2. The lowest BCUT2D eigenvalue weighted by molar-refractivity contribution is -0.129. The number of nitrogens with one attached hydrogen (secondary N) is 1. The molecule has 1 atom stereocenters. The maximum absolute atomic E-state index is 13.2.